The summed E-state index contributed by atoms with van der Waals surface area (Å²) in [5.74, 6) is 1.49. The van der Waals surface area contributed by atoms with E-state index in [9.17, 15) is 14.9 Å². The average Bonchev–Trinajstić information content (AvgIpc) is 3.21. The molecule has 0 unspecified atom stereocenters. The van der Waals surface area contributed by atoms with Crippen LogP contribution in [0.25, 0.3) is 0 Å². The molecule has 2 heterocycles. The smallest absolute Gasteiger partial charge is 0.311 e. The standard InChI is InChI=1S/C20H21N3O6/c1-27-17-5-3-15(11-16(17)23(25)26)20(24)22-8-6-21(7-9-22)12-14-2-4-18-19(10-14)29-13-28-18/h2-5,10-11H,6-9,12-13H2,1H3/p+1. The zero-order valence-electron chi connectivity index (χ0n) is 16.1. The first-order chi connectivity index (χ1) is 14.0. The fraction of sp³-hybridized carbons (Fsp3) is 0.350. The molecule has 0 aromatic heterocycles. The second-order valence-corrected chi connectivity index (χ2v) is 7.05. The van der Waals surface area contributed by atoms with Gasteiger partial charge in [0.25, 0.3) is 5.91 Å². The molecule has 2 aromatic carbocycles. The Bertz CT molecular complexity index is 940. The van der Waals surface area contributed by atoms with Gasteiger partial charge in [0.05, 0.1) is 38.2 Å². The number of methoxy groups -OCH3 is 1. The number of nitrogens with one attached hydrogen (secondary N) is 1. The van der Waals surface area contributed by atoms with Crippen molar-refractivity contribution in [2.75, 3.05) is 40.1 Å². The summed E-state index contributed by atoms with van der Waals surface area (Å²) in [4.78, 5) is 26.6. The van der Waals surface area contributed by atoms with Crippen molar-refractivity contribution in [2.45, 2.75) is 6.54 Å². The van der Waals surface area contributed by atoms with Gasteiger partial charge in [0.1, 0.15) is 6.54 Å². The first-order valence-corrected chi connectivity index (χ1v) is 9.39. The molecule has 0 radical (unpaired) electrons. The SMILES string of the molecule is COc1ccc(C(=O)N2CC[NH+](Cc3ccc4c(c3)OCO4)CC2)cc1[N+](=O)[O-]. The minimum Gasteiger partial charge on any atom is -0.490 e. The van der Waals surface area contributed by atoms with Gasteiger partial charge in [-0.1, -0.05) is 0 Å². The summed E-state index contributed by atoms with van der Waals surface area (Å²) in [6.45, 7) is 3.90. The topological polar surface area (TPSA) is 95.6 Å². The van der Waals surface area contributed by atoms with Crippen LogP contribution in [-0.4, -0.2) is 55.8 Å². The van der Waals surface area contributed by atoms with Crippen LogP contribution >= 0.6 is 0 Å². The van der Waals surface area contributed by atoms with E-state index in [1.54, 1.807) is 11.0 Å². The lowest BCUT2D eigenvalue weighted by molar-refractivity contribution is -0.917. The number of benzene rings is 2. The highest BCUT2D eigenvalue weighted by Gasteiger charge is 2.27. The lowest BCUT2D eigenvalue weighted by atomic mass is 10.1. The highest BCUT2D eigenvalue weighted by molar-refractivity contribution is 5.95. The maximum absolute atomic E-state index is 12.8. The van der Waals surface area contributed by atoms with Crippen LogP contribution in [0.4, 0.5) is 5.69 Å². The number of piperazine rings is 1. The summed E-state index contributed by atoms with van der Waals surface area (Å²) in [5, 5.41) is 11.2. The summed E-state index contributed by atoms with van der Waals surface area (Å²) in [7, 11) is 1.37. The van der Waals surface area contributed by atoms with E-state index in [-0.39, 0.29) is 24.1 Å². The molecule has 0 aliphatic carbocycles. The van der Waals surface area contributed by atoms with E-state index in [1.165, 1.54) is 24.1 Å². The first-order valence-electron chi connectivity index (χ1n) is 9.39. The molecular weight excluding hydrogens is 378 g/mol. The first kappa shape index (κ1) is 19.0. The van der Waals surface area contributed by atoms with Gasteiger partial charge in [0.15, 0.2) is 17.2 Å². The number of amides is 1. The van der Waals surface area contributed by atoms with Crippen LogP contribution in [0.5, 0.6) is 17.2 Å². The number of carbonyl (C=O) groups is 1. The molecule has 1 amide bonds. The van der Waals surface area contributed by atoms with Crippen LogP contribution < -0.4 is 19.1 Å². The van der Waals surface area contributed by atoms with Crippen molar-refractivity contribution in [3.63, 3.8) is 0 Å². The van der Waals surface area contributed by atoms with Gasteiger partial charge in [0.2, 0.25) is 6.79 Å². The van der Waals surface area contributed by atoms with Crippen LogP contribution in [0.3, 0.4) is 0 Å². The monoisotopic (exact) mass is 400 g/mol. The Balaban J connectivity index is 1.37. The lowest BCUT2D eigenvalue weighted by Gasteiger charge is -2.32. The predicted octanol–water partition coefficient (Wildman–Crippen LogP) is 0.873. The number of carbonyl (C=O) groups excluding carboxylic acids is 1. The third-order valence-electron chi connectivity index (χ3n) is 5.27. The molecule has 9 nitrogen and oxygen atoms in total. The van der Waals surface area contributed by atoms with Crippen molar-refractivity contribution < 1.29 is 28.8 Å². The maximum Gasteiger partial charge on any atom is 0.311 e. The van der Waals surface area contributed by atoms with Gasteiger partial charge in [-0.3, -0.25) is 14.9 Å². The molecule has 2 aromatic rings. The number of nitro benzene ring substituents is 1. The van der Waals surface area contributed by atoms with E-state index in [0.29, 0.717) is 18.7 Å². The summed E-state index contributed by atoms with van der Waals surface area (Å²) >= 11 is 0. The molecule has 29 heavy (non-hydrogen) atoms. The van der Waals surface area contributed by atoms with Gasteiger partial charge in [-0.15, -0.1) is 0 Å². The molecular formula is C20H22N3O6+. The average molecular weight is 400 g/mol. The van der Waals surface area contributed by atoms with Gasteiger partial charge in [-0.2, -0.15) is 0 Å². The number of nitrogens with zero attached hydrogens (tertiary/aromatic N) is 2. The van der Waals surface area contributed by atoms with E-state index in [4.69, 9.17) is 14.2 Å². The van der Waals surface area contributed by atoms with Crippen molar-refractivity contribution in [3.8, 4) is 17.2 Å². The van der Waals surface area contributed by atoms with E-state index >= 15 is 0 Å². The second-order valence-electron chi connectivity index (χ2n) is 7.05. The molecule has 0 saturated carbocycles. The lowest BCUT2D eigenvalue weighted by Crippen LogP contribution is -3.13. The molecule has 1 N–H and O–H groups in total. The normalized spacial score (nSPS) is 16.0. The van der Waals surface area contributed by atoms with Crippen LogP contribution in [0.15, 0.2) is 36.4 Å². The third-order valence-corrected chi connectivity index (χ3v) is 5.27. The molecule has 1 saturated heterocycles. The fourth-order valence-electron chi connectivity index (χ4n) is 3.69. The van der Waals surface area contributed by atoms with E-state index < -0.39 is 4.92 Å². The predicted molar refractivity (Wildman–Crippen MR) is 103 cm³/mol. The summed E-state index contributed by atoms with van der Waals surface area (Å²) in [5.41, 5.74) is 1.26. The van der Waals surface area contributed by atoms with Gasteiger partial charge < -0.3 is 24.0 Å². The molecule has 0 bridgehead atoms. The molecule has 4 rings (SSSR count). The third kappa shape index (κ3) is 3.95. The number of ether oxygens (including phenoxy) is 3. The Labute approximate surface area is 167 Å². The van der Waals surface area contributed by atoms with Crippen molar-refractivity contribution >= 4 is 11.6 Å². The number of fused-ring (bicyclic) bond motifs is 1. The van der Waals surface area contributed by atoms with E-state index in [0.717, 1.165) is 36.7 Å². The molecule has 2 aliphatic rings. The fourth-order valence-corrected chi connectivity index (χ4v) is 3.69. The number of hydrogen-bond donors (Lipinski definition) is 1. The van der Waals surface area contributed by atoms with Gasteiger partial charge in [-0.25, -0.2) is 0 Å². The number of rotatable bonds is 5. The molecule has 1 fully saturated rings. The summed E-state index contributed by atoms with van der Waals surface area (Å²) in [6, 6.07) is 10.3. The van der Waals surface area contributed by atoms with E-state index in [1.807, 2.05) is 18.2 Å². The molecule has 0 spiro atoms. The zero-order chi connectivity index (χ0) is 20.4. The molecule has 152 valence electrons. The van der Waals surface area contributed by atoms with Crippen molar-refractivity contribution in [2.24, 2.45) is 0 Å². The Morgan fingerprint density at radius 3 is 2.66 bits per heavy atom. The number of hydrogen-bond acceptors (Lipinski definition) is 6. The molecule has 2 aliphatic heterocycles. The van der Waals surface area contributed by atoms with Crippen LogP contribution in [0, 0.1) is 10.1 Å². The van der Waals surface area contributed by atoms with E-state index in [2.05, 4.69) is 0 Å². The van der Waals surface area contributed by atoms with Crippen LogP contribution in [-0.2, 0) is 6.54 Å². The minimum atomic E-state index is -0.539. The number of quaternary nitrogens is 1. The zero-order valence-corrected chi connectivity index (χ0v) is 16.1. The van der Waals surface area contributed by atoms with Crippen LogP contribution in [0.2, 0.25) is 0 Å². The second kappa shape index (κ2) is 7.96. The molecule has 9 heteroatoms. The summed E-state index contributed by atoms with van der Waals surface area (Å²) in [6.07, 6.45) is 0. The maximum atomic E-state index is 12.8. The Kier molecular flexibility index (Phi) is 5.22. The number of nitro groups is 1. The van der Waals surface area contributed by atoms with Crippen molar-refractivity contribution in [1.29, 1.82) is 0 Å². The van der Waals surface area contributed by atoms with Crippen molar-refractivity contribution in [1.82, 2.24) is 4.90 Å². The van der Waals surface area contributed by atoms with Crippen LogP contribution in [0.1, 0.15) is 15.9 Å². The van der Waals surface area contributed by atoms with Gasteiger partial charge in [0, 0.05) is 17.2 Å². The summed E-state index contributed by atoms with van der Waals surface area (Å²) < 4.78 is 15.8. The molecule has 0 atom stereocenters. The Morgan fingerprint density at radius 2 is 1.93 bits per heavy atom. The van der Waals surface area contributed by atoms with Crippen molar-refractivity contribution in [3.05, 3.63) is 57.6 Å². The highest BCUT2D eigenvalue weighted by Crippen LogP contribution is 2.32. The Morgan fingerprint density at radius 1 is 1.17 bits per heavy atom. The van der Waals surface area contributed by atoms with Gasteiger partial charge in [-0.05, 0) is 30.3 Å². The minimum absolute atomic E-state index is 0.143. The van der Waals surface area contributed by atoms with Gasteiger partial charge >= 0.3 is 5.69 Å². The quantitative estimate of drug-likeness (QED) is 0.591. The highest BCUT2D eigenvalue weighted by atomic mass is 16.7. The Hall–Kier alpha value is -3.33. The largest absolute Gasteiger partial charge is 0.490 e.